The Morgan fingerprint density at radius 3 is 2.77 bits per heavy atom. The third kappa shape index (κ3) is 3.87. The Balaban J connectivity index is 2.28. The summed E-state index contributed by atoms with van der Waals surface area (Å²) in [6.45, 7) is 0.441. The minimum absolute atomic E-state index is 0.403. The molecule has 0 atom stereocenters. The van der Waals surface area contributed by atoms with Crippen LogP contribution in [0.3, 0.4) is 0 Å². The summed E-state index contributed by atoms with van der Waals surface area (Å²) < 4.78 is 0. The van der Waals surface area contributed by atoms with Gasteiger partial charge in [0.15, 0.2) is 0 Å². The summed E-state index contributed by atoms with van der Waals surface area (Å²) in [5.74, 6) is 0. The average Bonchev–Trinajstić information content (AvgIpc) is 2.19. The van der Waals surface area contributed by atoms with Gasteiger partial charge in [0, 0.05) is 0 Å². The summed E-state index contributed by atoms with van der Waals surface area (Å²) in [4.78, 5) is 0. The Morgan fingerprint density at radius 2 is 2.08 bits per heavy atom. The van der Waals surface area contributed by atoms with Crippen LogP contribution in [0.25, 0.3) is 0 Å². The number of rotatable bonds is 4. The SMILES string of the molecule is N#CCCN=NNc1ccccc1. The zero-order valence-corrected chi connectivity index (χ0v) is 7.14. The maximum Gasteiger partial charge on any atom is 0.0750 e. The van der Waals surface area contributed by atoms with E-state index >= 15 is 0 Å². The maximum atomic E-state index is 8.21. The number of benzene rings is 1. The van der Waals surface area contributed by atoms with Crippen LogP contribution in [0.5, 0.6) is 0 Å². The third-order valence-electron chi connectivity index (χ3n) is 1.35. The summed E-state index contributed by atoms with van der Waals surface area (Å²) in [5.41, 5.74) is 3.64. The molecule has 66 valence electrons. The van der Waals surface area contributed by atoms with Gasteiger partial charge in [0.2, 0.25) is 0 Å². The van der Waals surface area contributed by atoms with Crippen molar-refractivity contribution in [2.24, 2.45) is 10.3 Å². The number of hydrogen-bond acceptors (Lipinski definition) is 3. The van der Waals surface area contributed by atoms with E-state index in [1.54, 1.807) is 0 Å². The Morgan fingerprint density at radius 1 is 1.31 bits per heavy atom. The van der Waals surface area contributed by atoms with Crippen LogP contribution in [0, 0.1) is 11.3 Å². The Labute approximate surface area is 76.9 Å². The normalized spacial score (nSPS) is 9.77. The highest BCUT2D eigenvalue weighted by atomic mass is 15.4. The molecular weight excluding hydrogens is 164 g/mol. The third-order valence-corrected chi connectivity index (χ3v) is 1.35. The van der Waals surface area contributed by atoms with Gasteiger partial charge < -0.3 is 0 Å². The van der Waals surface area contributed by atoms with Crippen LogP contribution >= 0.6 is 0 Å². The first kappa shape index (κ1) is 9.20. The summed E-state index contributed by atoms with van der Waals surface area (Å²) in [6, 6.07) is 11.5. The summed E-state index contributed by atoms with van der Waals surface area (Å²) in [7, 11) is 0. The van der Waals surface area contributed by atoms with Crippen molar-refractivity contribution < 1.29 is 0 Å². The zero-order chi connectivity index (χ0) is 9.36. The van der Waals surface area contributed by atoms with E-state index in [1.165, 1.54) is 0 Å². The van der Waals surface area contributed by atoms with Crippen molar-refractivity contribution in [3.8, 4) is 6.07 Å². The molecule has 0 aliphatic rings. The van der Waals surface area contributed by atoms with Gasteiger partial charge in [-0.3, -0.25) is 5.43 Å². The highest BCUT2D eigenvalue weighted by Gasteiger charge is 1.84. The quantitative estimate of drug-likeness (QED) is 0.432. The molecule has 0 aliphatic carbocycles. The van der Waals surface area contributed by atoms with Crippen molar-refractivity contribution in [3.05, 3.63) is 30.3 Å². The summed E-state index contributed by atoms with van der Waals surface area (Å²) in [5, 5.41) is 15.7. The van der Waals surface area contributed by atoms with Gasteiger partial charge in [0.05, 0.1) is 24.7 Å². The number of hydrogen-bond donors (Lipinski definition) is 1. The molecule has 0 spiro atoms. The van der Waals surface area contributed by atoms with Gasteiger partial charge in [0.1, 0.15) is 0 Å². The van der Waals surface area contributed by atoms with E-state index in [0.717, 1.165) is 5.69 Å². The van der Waals surface area contributed by atoms with Crippen molar-refractivity contribution in [3.63, 3.8) is 0 Å². The molecular formula is C9H10N4. The second-order valence-corrected chi connectivity index (χ2v) is 2.35. The molecule has 1 rings (SSSR count). The van der Waals surface area contributed by atoms with E-state index in [2.05, 4.69) is 15.8 Å². The van der Waals surface area contributed by atoms with E-state index < -0.39 is 0 Å². The smallest absolute Gasteiger partial charge is 0.0750 e. The topological polar surface area (TPSA) is 60.5 Å². The highest BCUT2D eigenvalue weighted by molar-refractivity contribution is 5.41. The minimum Gasteiger partial charge on any atom is -0.260 e. The second kappa shape index (κ2) is 5.72. The van der Waals surface area contributed by atoms with Crippen LogP contribution in [0.4, 0.5) is 5.69 Å². The van der Waals surface area contributed by atoms with Crippen molar-refractivity contribution in [1.29, 1.82) is 5.26 Å². The monoisotopic (exact) mass is 174 g/mol. The molecule has 1 N–H and O–H groups in total. The lowest BCUT2D eigenvalue weighted by molar-refractivity contribution is 0.908. The van der Waals surface area contributed by atoms with E-state index in [0.29, 0.717) is 13.0 Å². The lowest BCUT2D eigenvalue weighted by Gasteiger charge is -1.95. The summed E-state index contributed by atoms with van der Waals surface area (Å²) in [6.07, 6.45) is 0.403. The minimum atomic E-state index is 0.403. The molecule has 0 amide bonds. The predicted molar refractivity (Wildman–Crippen MR) is 50.0 cm³/mol. The second-order valence-electron chi connectivity index (χ2n) is 2.35. The van der Waals surface area contributed by atoms with Crippen LogP contribution in [0.15, 0.2) is 40.7 Å². The van der Waals surface area contributed by atoms with Crippen LogP contribution in [-0.2, 0) is 0 Å². The molecule has 4 nitrogen and oxygen atoms in total. The molecule has 4 heteroatoms. The molecule has 0 fully saturated rings. The Kier molecular flexibility index (Phi) is 4.05. The van der Waals surface area contributed by atoms with Gasteiger partial charge in [-0.25, -0.2) is 0 Å². The van der Waals surface area contributed by atoms with E-state index in [-0.39, 0.29) is 0 Å². The molecule has 0 unspecified atom stereocenters. The molecule has 13 heavy (non-hydrogen) atoms. The van der Waals surface area contributed by atoms with Crippen LogP contribution in [0.2, 0.25) is 0 Å². The van der Waals surface area contributed by atoms with Gasteiger partial charge in [-0.05, 0) is 12.1 Å². The zero-order valence-electron chi connectivity index (χ0n) is 7.14. The van der Waals surface area contributed by atoms with Gasteiger partial charge in [-0.1, -0.05) is 23.4 Å². The molecule has 1 aromatic rings. The predicted octanol–water partition coefficient (Wildman–Crippen LogP) is 2.38. The molecule has 0 aromatic heterocycles. The number of anilines is 1. The number of para-hydroxylation sites is 1. The molecule has 0 radical (unpaired) electrons. The average molecular weight is 174 g/mol. The highest BCUT2D eigenvalue weighted by Crippen LogP contribution is 2.04. The maximum absolute atomic E-state index is 8.21. The van der Waals surface area contributed by atoms with Crippen molar-refractivity contribution in [2.75, 3.05) is 12.0 Å². The first-order valence-corrected chi connectivity index (χ1v) is 3.98. The Hall–Kier alpha value is -1.89. The molecule has 0 saturated heterocycles. The van der Waals surface area contributed by atoms with E-state index in [1.807, 2.05) is 36.4 Å². The standard InChI is InChI=1S/C9H10N4/c10-7-4-8-11-13-12-9-5-2-1-3-6-9/h1-3,5-6H,4,8H2,(H,11,12). The van der Waals surface area contributed by atoms with Gasteiger partial charge in [0.25, 0.3) is 0 Å². The first-order valence-electron chi connectivity index (χ1n) is 3.98. The molecule has 0 bridgehead atoms. The molecule has 0 aliphatic heterocycles. The molecule has 0 saturated carbocycles. The van der Waals surface area contributed by atoms with Crippen molar-refractivity contribution >= 4 is 5.69 Å². The van der Waals surface area contributed by atoms with Crippen LogP contribution in [0.1, 0.15) is 6.42 Å². The first-order chi connectivity index (χ1) is 6.43. The fourth-order valence-corrected chi connectivity index (χ4v) is 0.756. The van der Waals surface area contributed by atoms with E-state index in [9.17, 15) is 0 Å². The van der Waals surface area contributed by atoms with E-state index in [4.69, 9.17) is 5.26 Å². The van der Waals surface area contributed by atoms with Gasteiger partial charge in [-0.2, -0.15) is 10.4 Å². The van der Waals surface area contributed by atoms with Crippen LogP contribution in [-0.4, -0.2) is 6.54 Å². The largest absolute Gasteiger partial charge is 0.260 e. The fourth-order valence-electron chi connectivity index (χ4n) is 0.756. The Bertz CT molecular complexity index is 299. The number of nitrogens with one attached hydrogen (secondary N) is 1. The lowest BCUT2D eigenvalue weighted by atomic mass is 10.3. The lowest BCUT2D eigenvalue weighted by Crippen LogP contribution is -1.86. The number of nitriles is 1. The number of nitrogens with zero attached hydrogens (tertiary/aromatic N) is 3. The molecule has 0 heterocycles. The van der Waals surface area contributed by atoms with Gasteiger partial charge in [-0.15, -0.1) is 0 Å². The van der Waals surface area contributed by atoms with Crippen LogP contribution < -0.4 is 5.43 Å². The fraction of sp³-hybridized carbons (Fsp3) is 0.222. The molecule has 1 aromatic carbocycles. The summed E-state index contributed by atoms with van der Waals surface area (Å²) >= 11 is 0. The van der Waals surface area contributed by atoms with Crippen molar-refractivity contribution in [1.82, 2.24) is 0 Å². The van der Waals surface area contributed by atoms with Gasteiger partial charge >= 0.3 is 0 Å². The van der Waals surface area contributed by atoms with Crippen molar-refractivity contribution in [2.45, 2.75) is 6.42 Å².